The summed E-state index contributed by atoms with van der Waals surface area (Å²) in [5, 5.41) is 13.2. The van der Waals surface area contributed by atoms with E-state index in [-0.39, 0.29) is 5.56 Å². The molecule has 0 bridgehead atoms. The number of aryl methyl sites for hydroxylation is 2. The van der Waals surface area contributed by atoms with E-state index in [9.17, 15) is 4.79 Å². The Labute approximate surface area is 145 Å². The number of hydrogen-bond donors (Lipinski definition) is 0. The summed E-state index contributed by atoms with van der Waals surface area (Å²) in [5.41, 5.74) is 2.99. The van der Waals surface area contributed by atoms with Crippen molar-refractivity contribution >= 4 is 5.65 Å². The first-order chi connectivity index (χ1) is 12.1. The van der Waals surface area contributed by atoms with Crippen molar-refractivity contribution < 1.29 is 0 Å². The second kappa shape index (κ2) is 6.40. The number of pyridine rings is 1. The number of rotatable bonds is 3. The van der Waals surface area contributed by atoms with Crippen molar-refractivity contribution in [3.05, 3.63) is 57.9 Å². The molecular weight excluding hydrogens is 316 g/mol. The number of fused-ring (bicyclic) bond motifs is 1. The predicted octanol–water partition coefficient (Wildman–Crippen LogP) is 1.51. The first kappa shape index (κ1) is 16.0. The molecule has 25 heavy (non-hydrogen) atoms. The molecule has 1 aliphatic rings. The van der Waals surface area contributed by atoms with Gasteiger partial charge in [0, 0.05) is 31.8 Å². The lowest BCUT2D eigenvalue weighted by Crippen LogP contribution is -2.33. The molecule has 7 heteroatoms. The molecule has 0 amide bonds. The van der Waals surface area contributed by atoms with Crippen LogP contribution in [0.3, 0.4) is 0 Å². The van der Waals surface area contributed by atoms with Crippen molar-refractivity contribution in [3.63, 3.8) is 0 Å². The summed E-state index contributed by atoms with van der Waals surface area (Å²) < 4.78 is 3.53. The van der Waals surface area contributed by atoms with Gasteiger partial charge in [0.1, 0.15) is 0 Å². The zero-order valence-electron chi connectivity index (χ0n) is 14.6. The third kappa shape index (κ3) is 3.19. The Hall–Kier alpha value is -2.54. The van der Waals surface area contributed by atoms with Gasteiger partial charge in [-0.1, -0.05) is 6.07 Å². The molecule has 0 spiro atoms. The van der Waals surface area contributed by atoms with Crippen molar-refractivity contribution in [1.82, 2.24) is 29.3 Å². The van der Waals surface area contributed by atoms with Gasteiger partial charge >= 0.3 is 0 Å². The largest absolute Gasteiger partial charge is 0.318 e. The normalized spacial score (nSPS) is 16.6. The molecule has 0 aliphatic carbocycles. The Bertz CT molecular complexity index is 952. The summed E-state index contributed by atoms with van der Waals surface area (Å²) in [6.07, 6.45) is 4.01. The van der Waals surface area contributed by atoms with E-state index in [4.69, 9.17) is 0 Å². The number of aromatic nitrogens is 5. The van der Waals surface area contributed by atoms with E-state index >= 15 is 0 Å². The van der Waals surface area contributed by atoms with Crippen LogP contribution in [0.4, 0.5) is 0 Å². The van der Waals surface area contributed by atoms with Crippen molar-refractivity contribution in [2.45, 2.75) is 32.2 Å². The maximum absolute atomic E-state index is 11.5. The molecule has 1 fully saturated rings. The number of hydrogen-bond acceptors (Lipinski definition) is 5. The Morgan fingerprint density at radius 3 is 2.68 bits per heavy atom. The third-order valence-electron chi connectivity index (χ3n) is 4.93. The highest BCUT2D eigenvalue weighted by Gasteiger charge is 2.25. The van der Waals surface area contributed by atoms with Gasteiger partial charge in [-0.15, -0.1) is 10.2 Å². The molecule has 4 heterocycles. The second-order valence-electron chi connectivity index (χ2n) is 6.84. The Balaban J connectivity index is 1.44. The van der Waals surface area contributed by atoms with E-state index in [1.54, 1.807) is 17.7 Å². The van der Waals surface area contributed by atoms with Crippen LogP contribution in [0.15, 0.2) is 35.3 Å². The number of nitrogens with zero attached hydrogens (tertiary/aromatic N) is 6. The van der Waals surface area contributed by atoms with Gasteiger partial charge in [-0.2, -0.15) is 9.61 Å². The summed E-state index contributed by atoms with van der Waals surface area (Å²) in [6.45, 7) is 4.88. The SMILES string of the molecule is Cc1ccc2nnc(C3CCN(Cc4ccc(=O)n(C)c4)CC3)n2n1. The molecule has 3 aromatic rings. The quantitative estimate of drug-likeness (QED) is 0.724. The smallest absolute Gasteiger partial charge is 0.250 e. The van der Waals surface area contributed by atoms with E-state index in [0.29, 0.717) is 5.92 Å². The van der Waals surface area contributed by atoms with Crippen LogP contribution in [0.2, 0.25) is 0 Å². The van der Waals surface area contributed by atoms with Gasteiger partial charge in [0.2, 0.25) is 5.56 Å². The van der Waals surface area contributed by atoms with Gasteiger partial charge in [-0.3, -0.25) is 9.69 Å². The zero-order valence-corrected chi connectivity index (χ0v) is 14.6. The van der Waals surface area contributed by atoms with Crippen molar-refractivity contribution in [3.8, 4) is 0 Å². The summed E-state index contributed by atoms with van der Waals surface area (Å²) in [5.74, 6) is 1.36. The lowest BCUT2D eigenvalue weighted by molar-refractivity contribution is 0.200. The molecule has 0 aromatic carbocycles. The standard InChI is InChI=1S/C18H22N6O/c1-13-3-5-16-19-20-18(24(16)21-13)15-7-9-23(10-8-15)12-14-4-6-17(25)22(2)11-14/h3-6,11,15H,7-10,12H2,1-2H3. The van der Waals surface area contributed by atoms with Gasteiger partial charge in [0.15, 0.2) is 11.5 Å². The predicted molar refractivity (Wildman–Crippen MR) is 94.5 cm³/mol. The Kier molecular flexibility index (Phi) is 4.09. The van der Waals surface area contributed by atoms with Gasteiger partial charge in [0.25, 0.3) is 0 Å². The minimum atomic E-state index is 0.0314. The summed E-state index contributed by atoms with van der Waals surface area (Å²) in [6, 6.07) is 7.49. The fourth-order valence-corrected chi connectivity index (χ4v) is 3.50. The average Bonchev–Trinajstić information content (AvgIpc) is 3.02. The first-order valence-electron chi connectivity index (χ1n) is 8.67. The Morgan fingerprint density at radius 2 is 1.92 bits per heavy atom. The lowest BCUT2D eigenvalue weighted by atomic mass is 9.96. The average molecular weight is 338 g/mol. The van der Waals surface area contributed by atoms with Crippen LogP contribution in [-0.2, 0) is 13.6 Å². The topological polar surface area (TPSA) is 68.3 Å². The minimum Gasteiger partial charge on any atom is -0.318 e. The van der Waals surface area contributed by atoms with Crippen LogP contribution in [0, 0.1) is 6.92 Å². The highest BCUT2D eigenvalue weighted by molar-refractivity contribution is 5.36. The summed E-state index contributed by atoms with van der Waals surface area (Å²) >= 11 is 0. The molecule has 0 N–H and O–H groups in total. The molecule has 0 unspecified atom stereocenters. The molecule has 130 valence electrons. The van der Waals surface area contributed by atoms with E-state index in [0.717, 1.165) is 49.6 Å². The van der Waals surface area contributed by atoms with Crippen molar-refractivity contribution in [2.24, 2.45) is 7.05 Å². The molecule has 3 aromatic heterocycles. The van der Waals surface area contributed by atoms with Crippen LogP contribution in [0.25, 0.3) is 5.65 Å². The third-order valence-corrected chi connectivity index (χ3v) is 4.93. The molecular formula is C18H22N6O. The molecule has 0 saturated carbocycles. The van der Waals surface area contributed by atoms with E-state index in [1.807, 2.05) is 35.8 Å². The van der Waals surface area contributed by atoms with Crippen LogP contribution in [-0.4, -0.2) is 42.4 Å². The number of piperidine rings is 1. The fourth-order valence-electron chi connectivity index (χ4n) is 3.50. The van der Waals surface area contributed by atoms with Crippen molar-refractivity contribution in [2.75, 3.05) is 13.1 Å². The first-order valence-corrected chi connectivity index (χ1v) is 8.67. The van der Waals surface area contributed by atoms with Crippen LogP contribution >= 0.6 is 0 Å². The van der Waals surface area contributed by atoms with Gasteiger partial charge in [-0.05, 0) is 50.6 Å². The van der Waals surface area contributed by atoms with E-state index < -0.39 is 0 Å². The van der Waals surface area contributed by atoms with Crippen LogP contribution in [0.1, 0.15) is 35.8 Å². The van der Waals surface area contributed by atoms with Crippen LogP contribution in [0.5, 0.6) is 0 Å². The maximum Gasteiger partial charge on any atom is 0.250 e. The minimum absolute atomic E-state index is 0.0314. The van der Waals surface area contributed by atoms with Gasteiger partial charge in [-0.25, -0.2) is 0 Å². The monoisotopic (exact) mass is 338 g/mol. The molecule has 1 aliphatic heterocycles. The maximum atomic E-state index is 11.5. The zero-order chi connectivity index (χ0) is 17.4. The summed E-state index contributed by atoms with van der Waals surface area (Å²) in [4.78, 5) is 13.9. The molecule has 0 atom stereocenters. The second-order valence-corrected chi connectivity index (χ2v) is 6.84. The molecule has 0 radical (unpaired) electrons. The molecule has 1 saturated heterocycles. The van der Waals surface area contributed by atoms with Gasteiger partial charge in [0.05, 0.1) is 5.69 Å². The van der Waals surface area contributed by atoms with Gasteiger partial charge < -0.3 is 4.57 Å². The molecule has 7 nitrogen and oxygen atoms in total. The molecule has 4 rings (SSSR count). The summed E-state index contributed by atoms with van der Waals surface area (Å²) in [7, 11) is 1.80. The Morgan fingerprint density at radius 1 is 1.12 bits per heavy atom. The fraction of sp³-hybridized carbons (Fsp3) is 0.444. The van der Waals surface area contributed by atoms with Crippen LogP contribution < -0.4 is 5.56 Å². The van der Waals surface area contributed by atoms with Crippen molar-refractivity contribution in [1.29, 1.82) is 0 Å². The number of likely N-dealkylation sites (tertiary alicyclic amines) is 1. The highest BCUT2D eigenvalue weighted by Crippen LogP contribution is 2.27. The van der Waals surface area contributed by atoms with E-state index in [2.05, 4.69) is 20.2 Å². The highest BCUT2D eigenvalue weighted by atomic mass is 16.1. The van der Waals surface area contributed by atoms with E-state index in [1.165, 1.54) is 5.56 Å². The lowest BCUT2D eigenvalue weighted by Gasteiger charge is -2.31.